The van der Waals surface area contributed by atoms with E-state index in [1.807, 2.05) is 0 Å². The van der Waals surface area contributed by atoms with E-state index < -0.39 is 12.5 Å². The lowest BCUT2D eigenvalue weighted by Gasteiger charge is -2.12. The number of amides is 2. The molecule has 0 heterocycles. The molecule has 2 amide bonds. The van der Waals surface area contributed by atoms with Crippen molar-refractivity contribution in [3.63, 3.8) is 0 Å². The van der Waals surface area contributed by atoms with E-state index in [2.05, 4.69) is 15.4 Å². The Bertz CT molecular complexity index is 764. The molecule has 0 fully saturated rings. The summed E-state index contributed by atoms with van der Waals surface area (Å²) in [6.07, 6.45) is 0. The van der Waals surface area contributed by atoms with Crippen LogP contribution in [0.1, 0.15) is 17.3 Å². The summed E-state index contributed by atoms with van der Waals surface area (Å²) >= 11 is 0. The van der Waals surface area contributed by atoms with Crippen molar-refractivity contribution in [3.8, 4) is 11.5 Å². The van der Waals surface area contributed by atoms with Crippen LogP contribution in [0.5, 0.6) is 11.5 Å². The molecule has 2 rings (SSSR count). The molecule has 2 aromatic carbocycles. The quantitative estimate of drug-likeness (QED) is 0.836. The molecule has 132 valence electrons. The maximum Gasteiger partial charge on any atom is 0.387 e. The Morgan fingerprint density at radius 1 is 0.960 bits per heavy atom. The molecular weight excluding hydrogens is 334 g/mol. The monoisotopic (exact) mass is 350 g/mol. The van der Waals surface area contributed by atoms with Gasteiger partial charge in [0.05, 0.1) is 7.11 Å². The summed E-state index contributed by atoms with van der Waals surface area (Å²) in [4.78, 5) is 23.2. The van der Waals surface area contributed by atoms with Crippen LogP contribution in [0.25, 0.3) is 0 Å². The van der Waals surface area contributed by atoms with Crippen molar-refractivity contribution in [1.29, 1.82) is 0 Å². The zero-order chi connectivity index (χ0) is 18.4. The molecular formula is C17H16F2N2O4. The zero-order valence-corrected chi connectivity index (χ0v) is 13.5. The predicted molar refractivity (Wildman–Crippen MR) is 88.3 cm³/mol. The summed E-state index contributed by atoms with van der Waals surface area (Å²) < 4.78 is 34.2. The van der Waals surface area contributed by atoms with Gasteiger partial charge in [-0.3, -0.25) is 9.59 Å². The van der Waals surface area contributed by atoms with E-state index in [-0.39, 0.29) is 23.1 Å². The van der Waals surface area contributed by atoms with Gasteiger partial charge in [0.2, 0.25) is 5.91 Å². The van der Waals surface area contributed by atoms with E-state index in [0.29, 0.717) is 11.3 Å². The van der Waals surface area contributed by atoms with Crippen LogP contribution in [0.15, 0.2) is 42.5 Å². The Balaban J connectivity index is 2.13. The van der Waals surface area contributed by atoms with Gasteiger partial charge in [0.15, 0.2) is 11.5 Å². The molecule has 6 nitrogen and oxygen atoms in total. The molecule has 0 aliphatic rings. The molecule has 2 N–H and O–H groups in total. The SMILES string of the molecule is COc1ccc(NC(=O)c2ccc(NC(C)=O)cc2)cc1OC(F)F. The lowest BCUT2D eigenvalue weighted by Crippen LogP contribution is -2.13. The van der Waals surface area contributed by atoms with Gasteiger partial charge in [-0.1, -0.05) is 0 Å². The molecule has 0 atom stereocenters. The van der Waals surface area contributed by atoms with Crippen molar-refractivity contribution in [2.45, 2.75) is 13.5 Å². The minimum absolute atomic E-state index is 0.123. The number of carbonyl (C=O) groups is 2. The molecule has 25 heavy (non-hydrogen) atoms. The van der Waals surface area contributed by atoms with Gasteiger partial charge in [-0.2, -0.15) is 8.78 Å². The topological polar surface area (TPSA) is 76.7 Å². The van der Waals surface area contributed by atoms with E-state index >= 15 is 0 Å². The number of alkyl halides is 2. The summed E-state index contributed by atoms with van der Waals surface area (Å²) in [5, 5.41) is 5.16. The summed E-state index contributed by atoms with van der Waals surface area (Å²) in [6, 6.07) is 10.4. The Kier molecular flexibility index (Phi) is 5.89. The fourth-order valence-corrected chi connectivity index (χ4v) is 2.05. The Labute approximate surface area is 142 Å². The lowest BCUT2D eigenvalue weighted by atomic mass is 10.2. The second-order valence-electron chi connectivity index (χ2n) is 4.96. The van der Waals surface area contributed by atoms with E-state index in [9.17, 15) is 18.4 Å². The van der Waals surface area contributed by atoms with Crippen molar-refractivity contribution in [3.05, 3.63) is 48.0 Å². The summed E-state index contributed by atoms with van der Waals surface area (Å²) in [6.45, 7) is -1.63. The van der Waals surface area contributed by atoms with Crippen molar-refractivity contribution < 1.29 is 27.8 Å². The van der Waals surface area contributed by atoms with Gasteiger partial charge in [0.25, 0.3) is 5.91 Å². The number of benzene rings is 2. The second-order valence-corrected chi connectivity index (χ2v) is 4.96. The average molecular weight is 350 g/mol. The number of anilines is 2. The maximum absolute atomic E-state index is 12.4. The first-order chi connectivity index (χ1) is 11.9. The molecule has 0 radical (unpaired) electrons. The van der Waals surface area contributed by atoms with Crippen LogP contribution in [0, 0.1) is 0 Å². The number of rotatable bonds is 6. The van der Waals surface area contributed by atoms with Gasteiger partial charge < -0.3 is 20.1 Å². The molecule has 0 saturated carbocycles. The highest BCUT2D eigenvalue weighted by molar-refractivity contribution is 6.04. The van der Waals surface area contributed by atoms with Gasteiger partial charge in [-0.15, -0.1) is 0 Å². The number of carbonyl (C=O) groups excluding carboxylic acids is 2. The highest BCUT2D eigenvalue weighted by atomic mass is 19.3. The first-order valence-corrected chi connectivity index (χ1v) is 7.21. The molecule has 8 heteroatoms. The van der Waals surface area contributed by atoms with Crippen LogP contribution >= 0.6 is 0 Å². The van der Waals surface area contributed by atoms with Crippen LogP contribution in [0.4, 0.5) is 20.2 Å². The normalized spacial score (nSPS) is 10.3. The van der Waals surface area contributed by atoms with E-state index in [0.717, 1.165) is 0 Å². The number of methoxy groups -OCH3 is 1. The van der Waals surface area contributed by atoms with E-state index in [1.165, 1.54) is 44.4 Å². The summed E-state index contributed by atoms with van der Waals surface area (Å²) in [7, 11) is 1.32. The molecule has 2 aromatic rings. The highest BCUT2D eigenvalue weighted by Crippen LogP contribution is 2.31. The Morgan fingerprint density at radius 2 is 1.60 bits per heavy atom. The molecule has 0 unspecified atom stereocenters. The second kappa shape index (κ2) is 8.09. The molecule has 0 aliphatic heterocycles. The van der Waals surface area contributed by atoms with E-state index in [1.54, 1.807) is 12.1 Å². The van der Waals surface area contributed by atoms with Crippen LogP contribution < -0.4 is 20.1 Å². The average Bonchev–Trinajstić information content (AvgIpc) is 2.54. The van der Waals surface area contributed by atoms with E-state index in [4.69, 9.17) is 4.74 Å². The number of hydrogen-bond donors (Lipinski definition) is 2. The first kappa shape index (κ1) is 18.2. The van der Waals surface area contributed by atoms with Gasteiger partial charge in [-0.25, -0.2) is 0 Å². The largest absolute Gasteiger partial charge is 0.493 e. The lowest BCUT2D eigenvalue weighted by molar-refractivity contribution is -0.114. The summed E-state index contributed by atoms with van der Waals surface area (Å²) in [5.74, 6) is -0.723. The number of nitrogens with one attached hydrogen (secondary N) is 2. The molecule has 0 bridgehead atoms. The van der Waals surface area contributed by atoms with Gasteiger partial charge >= 0.3 is 6.61 Å². The Morgan fingerprint density at radius 3 is 2.16 bits per heavy atom. The zero-order valence-electron chi connectivity index (χ0n) is 13.5. The summed E-state index contributed by atoms with van der Waals surface area (Å²) in [5.41, 5.74) is 1.16. The van der Waals surface area contributed by atoms with Gasteiger partial charge in [0, 0.05) is 29.9 Å². The third-order valence-electron chi connectivity index (χ3n) is 3.11. The standard InChI is InChI=1S/C17H16F2N2O4/c1-10(22)20-12-5-3-11(4-6-12)16(23)21-13-7-8-14(24-2)15(9-13)25-17(18)19/h3-9,17H,1-2H3,(H,20,22)(H,21,23). The van der Waals surface area contributed by atoms with Crippen molar-refractivity contribution >= 4 is 23.2 Å². The van der Waals surface area contributed by atoms with Crippen LogP contribution in [0.2, 0.25) is 0 Å². The fourth-order valence-electron chi connectivity index (χ4n) is 2.05. The Hall–Kier alpha value is -3.16. The minimum Gasteiger partial charge on any atom is -0.493 e. The number of hydrogen-bond acceptors (Lipinski definition) is 4. The molecule has 0 spiro atoms. The molecule has 0 aromatic heterocycles. The van der Waals surface area contributed by atoms with Gasteiger partial charge in [0.1, 0.15) is 0 Å². The number of halogens is 2. The van der Waals surface area contributed by atoms with Crippen molar-refractivity contribution in [2.75, 3.05) is 17.7 Å². The number of ether oxygens (including phenoxy) is 2. The third kappa shape index (κ3) is 5.17. The fraction of sp³-hybridized carbons (Fsp3) is 0.176. The van der Waals surface area contributed by atoms with Crippen LogP contribution in [-0.2, 0) is 4.79 Å². The third-order valence-corrected chi connectivity index (χ3v) is 3.11. The van der Waals surface area contributed by atoms with Crippen molar-refractivity contribution in [1.82, 2.24) is 0 Å². The molecule has 0 saturated heterocycles. The highest BCUT2D eigenvalue weighted by Gasteiger charge is 2.13. The smallest absolute Gasteiger partial charge is 0.387 e. The van der Waals surface area contributed by atoms with Crippen molar-refractivity contribution in [2.24, 2.45) is 0 Å². The minimum atomic E-state index is -3.01. The maximum atomic E-state index is 12.4. The van der Waals surface area contributed by atoms with Crippen LogP contribution in [0.3, 0.4) is 0 Å². The van der Waals surface area contributed by atoms with Gasteiger partial charge in [-0.05, 0) is 36.4 Å². The predicted octanol–water partition coefficient (Wildman–Crippen LogP) is 3.51. The van der Waals surface area contributed by atoms with Crippen LogP contribution in [-0.4, -0.2) is 25.5 Å². The molecule has 0 aliphatic carbocycles. The first-order valence-electron chi connectivity index (χ1n) is 7.21.